The van der Waals surface area contributed by atoms with Crippen LogP contribution in [0.15, 0.2) is 48.5 Å². The minimum Gasteiger partial charge on any atom is -0.496 e. The normalized spacial score (nSPS) is 20.7. The molecule has 2 aromatic carbocycles. The molecule has 160 valence electrons. The monoisotopic (exact) mass is 417 g/mol. The van der Waals surface area contributed by atoms with E-state index in [0.29, 0.717) is 18.7 Å². The summed E-state index contributed by atoms with van der Waals surface area (Å²) in [4.78, 5) is 34.0. The van der Waals surface area contributed by atoms with E-state index in [1.807, 2.05) is 42.5 Å². The Labute approximate surface area is 181 Å². The van der Waals surface area contributed by atoms with Crippen molar-refractivity contribution in [3.63, 3.8) is 0 Å². The maximum atomic E-state index is 13.5. The Morgan fingerprint density at radius 1 is 1.10 bits per heavy atom. The Balaban J connectivity index is 1.69. The van der Waals surface area contributed by atoms with Crippen LogP contribution in [0.4, 0.5) is 0 Å². The van der Waals surface area contributed by atoms with Gasteiger partial charge in [0.25, 0.3) is 0 Å². The molecule has 2 aliphatic rings. The molecule has 31 heavy (non-hydrogen) atoms. The third-order valence-corrected chi connectivity index (χ3v) is 6.56. The van der Waals surface area contributed by atoms with Gasteiger partial charge in [-0.2, -0.15) is 0 Å². The SMILES string of the molecule is CCCCN1CC(=O)N2[C@H](c3ccccc3OC)c3[nH]c4ccccc4c3C[C@H]2C1=O. The number of ether oxygens (including phenoxy) is 1. The summed E-state index contributed by atoms with van der Waals surface area (Å²) in [5.74, 6) is 0.746. The largest absolute Gasteiger partial charge is 0.496 e. The van der Waals surface area contributed by atoms with Gasteiger partial charge in [0, 0.05) is 35.1 Å². The van der Waals surface area contributed by atoms with Crippen LogP contribution in [0.5, 0.6) is 5.75 Å². The van der Waals surface area contributed by atoms with Crippen molar-refractivity contribution in [1.82, 2.24) is 14.8 Å². The van der Waals surface area contributed by atoms with Crippen molar-refractivity contribution in [2.75, 3.05) is 20.2 Å². The van der Waals surface area contributed by atoms with E-state index >= 15 is 0 Å². The minimum absolute atomic E-state index is 0.0130. The molecule has 2 aliphatic heterocycles. The van der Waals surface area contributed by atoms with Gasteiger partial charge >= 0.3 is 0 Å². The number of H-pyrrole nitrogens is 1. The number of fused-ring (bicyclic) bond motifs is 4. The number of methoxy groups -OCH3 is 1. The second-order valence-corrected chi connectivity index (χ2v) is 8.34. The van der Waals surface area contributed by atoms with E-state index in [1.165, 1.54) is 0 Å². The lowest BCUT2D eigenvalue weighted by molar-refractivity contribution is -0.158. The van der Waals surface area contributed by atoms with Crippen LogP contribution < -0.4 is 4.74 Å². The summed E-state index contributed by atoms with van der Waals surface area (Å²) in [6, 6.07) is 15.0. The fraction of sp³-hybridized carbons (Fsp3) is 0.360. The number of nitrogens with zero attached hydrogens (tertiary/aromatic N) is 2. The molecule has 3 aromatic rings. The number of hydrogen-bond donors (Lipinski definition) is 1. The predicted molar refractivity (Wildman–Crippen MR) is 119 cm³/mol. The third kappa shape index (κ3) is 3.09. The smallest absolute Gasteiger partial charge is 0.246 e. The number of para-hydroxylation sites is 2. The van der Waals surface area contributed by atoms with E-state index in [-0.39, 0.29) is 24.4 Å². The molecule has 6 nitrogen and oxygen atoms in total. The fourth-order valence-corrected chi connectivity index (χ4v) is 5.08. The van der Waals surface area contributed by atoms with Crippen molar-refractivity contribution in [2.24, 2.45) is 0 Å². The highest BCUT2D eigenvalue weighted by atomic mass is 16.5. The fourth-order valence-electron chi connectivity index (χ4n) is 5.08. The van der Waals surface area contributed by atoms with Crippen molar-refractivity contribution in [1.29, 1.82) is 0 Å². The second kappa shape index (κ2) is 7.76. The number of carbonyl (C=O) groups is 2. The van der Waals surface area contributed by atoms with E-state index in [4.69, 9.17) is 4.74 Å². The summed E-state index contributed by atoms with van der Waals surface area (Å²) in [6.07, 6.45) is 2.42. The molecule has 0 saturated carbocycles. The van der Waals surface area contributed by atoms with E-state index in [2.05, 4.69) is 18.0 Å². The number of amides is 2. The lowest BCUT2D eigenvalue weighted by Gasteiger charge is -2.47. The Kier molecular flexibility index (Phi) is 4.93. The topological polar surface area (TPSA) is 65.6 Å². The van der Waals surface area contributed by atoms with Gasteiger partial charge < -0.3 is 19.5 Å². The van der Waals surface area contributed by atoms with Crippen LogP contribution in [-0.4, -0.2) is 52.8 Å². The number of benzene rings is 2. The number of unbranched alkanes of at least 4 members (excludes halogenated alkanes) is 1. The molecule has 1 fully saturated rings. The Morgan fingerprint density at radius 2 is 1.87 bits per heavy atom. The van der Waals surface area contributed by atoms with Gasteiger partial charge in [0.2, 0.25) is 11.8 Å². The molecule has 1 aromatic heterocycles. The quantitative estimate of drug-likeness (QED) is 0.689. The highest BCUT2D eigenvalue weighted by molar-refractivity contribution is 5.97. The van der Waals surface area contributed by atoms with Gasteiger partial charge in [-0.15, -0.1) is 0 Å². The molecule has 0 bridgehead atoms. The summed E-state index contributed by atoms with van der Waals surface area (Å²) >= 11 is 0. The van der Waals surface area contributed by atoms with Crippen LogP contribution in [0.2, 0.25) is 0 Å². The van der Waals surface area contributed by atoms with Gasteiger partial charge in [0.05, 0.1) is 13.7 Å². The van der Waals surface area contributed by atoms with Gasteiger partial charge in [-0.3, -0.25) is 9.59 Å². The van der Waals surface area contributed by atoms with Crippen molar-refractivity contribution >= 4 is 22.7 Å². The zero-order valence-corrected chi connectivity index (χ0v) is 17.9. The maximum Gasteiger partial charge on any atom is 0.246 e. The first-order valence-corrected chi connectivity index (χ1v) is 11.0. The molecule has 0 spiro atoms. The molecule has 2 atom stereocenters. The van der Waals surface area contributed by atoms with E-state index in [1.54, 1.807) is 16.9 Å². The molecule has 0 radical (unpaired) electrons. The van der Waals surface area contributed by atoms with E-state index in [0.717, 1.165) is 40.6 Å². The molecule has 5 rings (SSSR count). The van der Waals surface area contributed by atoms with Crippen LogP contribution in [0, 0.1) is 0 Å². The highest BCUT2D eigenvalue weighted by Gasteiger charge is 2.48. The average Bonchev–Trinajstić information content (AvgIpc) is 3.17. The second-order valence-electron chi connectivity index (χ2n) is 8.34. The summed E-state index contributed by atoms with van der Waals surface area (Å²) < 4.78 is 5.66. The van der Waals surface area contributed by atoms with Crippen LogP contribution in [-0.2, 0) is 16.0 Å². The molecule has 1 saturated heterocycles. The number of carbonyl (C=O) groups excluding carboxylic acids is 2. The lowest BCUT2D eigenvalue weighted by Crippen LogP contribution is -2.63. The average molecular weight is 418 g/mol. The standard InChI is InChI=1S/C25H27N3O3/c1-3-4-13-27-15-22(29)28-20(25(27)30)14-18-16-9-5-7-11-19(16)26-23(18)24(28)17-10-6-8-12-21(17)31-2/h5-12,20,24,26H,3-4,13-15H2,1-2H3/t20-,24+/m0/s1. The van der Waals surface area contributed by atoms with Crippen LogP contribution in [0.1, 0.15) is 42.6 Å². The van der Waals surface area contributed by atoms with Crippen LogP contribution >= 0.6 is 0 Å². The first-order valence-electron chi connectivity index (χ1n) is 11.0. The number of aromatic nitrogens is 1. The molecule has 2 amide bonds. The first-order chi connectivity index (χ1) is 15.1. The van der Waals surface area contributed by atoms with Gasteiger partial charge in [-0.05, 0) is 24.1 Å². The molecular formula is C25H27N3O3. The Bertz CT molecular complexity index is 1150. The van der Waals surface area contributed by atoms with Gasteiger partial charge in [-0.25, -0.2) is 0 Å². The Morgan fingerprint density at radius 3 is 2.68 bits per heavy atom. The lowest BCUT2D eigenvalue weighted by atomic mass is 9.86. The van der Waals surface area contributed by atoms with Crippen molar-refractivity contribution in [3.05, 3.63) is 65.4 Å². The number of aromatic amines is 1. The Hall–Kier alpha value is -3.28. The predicted octanol–water partition coefficient (Wildman–Crippen LogP) is 3.66. The van der Waals surface area contributed by atoms with Crippen molar-refractivity contribution < 1.29 is 14.3 Å². The van der Waals surface area contributed by atoms with Gasteiger partial charge in [0.1, 0.15) is 17.8 Å². The number of piperazine rings is 1. The molecule has 0 unspecified atom stereocenters. The van der Waals surface area contributed by atoms with Gasteiger partial charge in [0.15, 0.2) is 0 Å². The number of hydrogen-bond acceptors (Lipinski definition) is 3. The van der Waals surface area contributed by atoms with E-state index < -0.39 is 6.04 Å². The number of rotatable bonds is 5. The van der Waals surface area contributed by atoms with E-state index in [9.17, 15) is 9.59 Å². The zero-order chi connectivity index (χ0) is 21.5. The minimum atomic E-state index is -0.500. The molecule has 0 aliphatic carbocycles. The summed E-state index contributed by atoms with van der Waals surface area (Å²) in [5, 5.41) is 1.11. The molecule has 3 heterocycles. The molecule has 6 heteroatoms. The van der Waals surface area contributed by atoms with Crippen molar-refractivity contribution in [3.8, 4) is 5.75 Å². The van der Waals surface area contributed by atoms with Crippen LogP contribution in [0.25, 0.3) is 10.9 Å². The summed E-state index contributed by atoms with van der Waals surface area (Å²) in [7, 11) is 1.64. The highest BCUT2D eigenvalue weighted by Crippen LogP contribution is 2.44. The van der Waals surface area contributed by atoms with Gasteiger partial charge in [-0.1, -0.05) is 49.7 Å². The maximum absolute atomic E-state index is 13.5. The molecular weight excluding hydrogens is 390 g/mol. The third-order valence-electron chi connectivity index (χ3n) is 6.56. The molecule has 1 N–H and O–H groups in total. The first kappa shape index (κ1) is 19.7. The zero-order valence-electron chi connectivity index (χ0n) is 17.9. The summed E-state index contributed by atoms with van der Waals surface area (Å²) in [5.41, 5.74) is 4.01. The van der Waals surface area contributed by atoms with Crippen LogP contribution in [0.3, 0.4) is 0 Å². The summed E-state index contributed by atoms with van der Waals surface area (Å²) in [6.45, 7) is 2.86. The van der Waals surface area contributed by atoms with Crippen molar-refractivity contribution in [2.45, 2.75) is 38.3 Å². The number of nitrogens with one attached hydrogen (secondary N) is 1.